The Morgan fingerprint density at radius 1 is 1.28 bits per heavy atom. The molecule has 0 spiro atoms. The van der Waals surface area contributed by atoms with Gasteiger partial charge in [0.05, 0.1) is 18.2 Å². The maximum absolute atomic E-state index is 12.9. The zero-order chi connectivity index (χ0) is 13.7. The van der Waals surface area contributed by atoms with Gasteiger partial charge >= 0.3 is 6.18 Å². The molecule has 0 bridgehead atoms. The fraction of sp³-hybridized carbons (Fsp3) is 0.417. The minimum absolute atomic E-state index is 0.0654. The summed E-state index contributed by atoms with van der Waals surface area (Å²) in [6.07, 6.45) is -4.40. The summed E-state index contributed by atoms with van der Waals surface area (Å²) >= 11 is 0. The number of alkyl halides is 3. The van der Waals surface area contributed by atoms with Gasteiger partial charge in [0.1, 0.15) is 17.1 Å². The van der Waals surface area contributed by atoms with Crippen molar-refractivity contribution in [3.05, 3.63) is 23.0 Å². The van der Waals surface area contributed by atoms with Crippen LogP contribution in [0.3, 0.4) is 0 Å². The quantitative estimate of drug-likeness (QED) is 0.785. The fourth-order valence-corrected chi connectivity index (χ4v) is 2.05. The van der Waals surface area contributed by atoms with Crippen molar-refractivity contribution in [3.63, 3.8) is 0 Å². The standard InChI is InChI=1S/C12H13F3N2O/c1-6-8(12(13,14)15)5-9-10(11(6)18-4)16-7(2)17(9)3/h5H,1-4H3. The van der Waals surface area contributed by atoms with E-state index in [1.54, 1.807) is 18.5 Å². The van der Waals surface area contributed by atoms with Crippen molar-refractivity contribution < 1.29 is 17.9 Å². The summed E-state index contributed by atoms with van der Waals surface area (Å²) in [6, 6.07) is 1.12. The zero-order valence-corrected chi connectivity index (χ0v) is 10.5. The predicted octanol–water partition coefficient (Wildman–Crippen LogP) is 3.22. The van der Waals surface area contributed by atoms with Gasteiger partial charge in [-0.05, 0) is 19.9 Å². The fourth-order valence-electron chi connectivity index (χ4n) is 2.05. The minimum atomic E-state index is -4.40. The lowest BCUT2D eigenvalue weighted by molar-refractivity contribution is -0.138. The lowest BCUT2D eigenvalue weighted by Gasteiger charge is -2.14. The lowest BCUT2D eigenvalue weighted by atomic mass is 10.1. The molecule has 1 aromatic heterocycles. The first-order chi connectivity index (χ1) is 8.27. The van der Waals surface area contributed by atoms with Crippen LogP contribution < -0.4 is 4.74 Å². The molecule has 0 N–H and O–H groups in total. The molecule has 98 valence electrons. The third-order valence-corrected chi connectivity index (χ3v) is 3.11. The molecule has 0 aliphatic carbocycles. The second-order valence-corrected chi connectivity index (χ2v) is 4.17. The van der Waals surface area contributed by atoms with E-state index in [9.17, 15) is 13.2 Å². The van der Waals surface area contributed by atoms with E-state index in [0.717, 1.165) is 6.07 Å². The largest absolute Gasteiger partial charge is 0.494 e. The van der Waals surface area contributed by atoms with E-state index in [1.165, 1.54) is 14.0 Å². The van der Waals surface area contributed by atoms with E-state index < -0.39 is 11.7 Å². The van der Waals surface area contributed by atoms with Crippen molar-refractivity contribution in [1.29, 1.82) is 0 Å². The van der Waals surface area contributed by atoms with Gasteiger partial charge in [-0.1, -0.05) is 0 Å². The predicted molar refractivity (Wildman–Crippen MR) is 61.7 cm³/mol. The summed E-state index contributed by atoms with van der Waals surface area (Å²) in [5, 5.41) is 0. The van der Waals surface area contributed by atoms with Crippen molar-refractivity contribution in [2.45, 2.75) is 20.0 Å². The monoisotopic (exact) mass is 258 g/mol. The Labute approximate surface area is 102 Å². The number of ether oxygens (including phenoxy) is 1. The average molecular weight is 258 g/mol. The first-order valence-corrected chi connectivity index (χ1v) is 5.35. The molecule has 0 radical (unpaired) electrons. The highest BCUT2D eigenvalue weighted by atomic mass is 19.4. The molecular weight excluding hydrogens is 245 g/mol. The van der Waals surface area contributed by atoms with Gasteiger partial charge in [0, 0.05) is 12.6 Å². The van der Waals surface area contributed by atoms with E-state index in [0.29, 0.717) is 16.9 Å². The molecule has 1 heterocycles. The van der Waals surface area contributed by atoms with E-state index >= 15 is 0 Å². The molecule has 0 fully saturated rings. The summed E-state index contributed by atoms with van der Waals surface area (Å²) in [4.78, 5) is 4.24. The second kappa shape index (κ2) is 3.90. The highest BCUT2D eigenvalue weighted by molar-refractivity contribution is 5.85. The molecule has 0 amide bonds. The highest BCUT2D eigenvalue weighted by Crippen LogP contribution is 2.39. The number of halogens is 3. The van der Waals surface area contributed by atoms with Crippen LogP contribution in [-0.4, -0.2) is 16.7 Å². The van der Waals surface area contributed by atoms with Crippen LogP contribution >= 0.6 is 0 Å². The second-order valence-electron chi connectivity index (χ2n) is 4.17. The van der Waals surface area contributed by atoms with Crippen molar-refractivity contribution >= 4 is 11.0 Å². The van der Waals surface area contributed by atoms with E-state index in [4.69, 9.17) is 4.74 Å². The van der Waals surface area contributed by atoms with Gasteiger partial charge in [0.15, 0.2) is 0 Å². The number of imidazole rings is 1. The number of fused-ring (bicyclic) bond motifs is 1. The van der Waals surface area contributed by atoms with Crippen LogP contribution in [0.1, 0.15) is 17.0 Å². The Morgan fingerprint density at radius 2 is 1.89 bits per heavy atom. The van der Waals surface area contributed by atoms with Crippen LogP contribution in [0.4, 0.5) is 13.2 Å². The molecule has 6 heteroatoms. The Hall–Kier alpha value is -1.72. The molecule has 1 aromatic carbocycles. The summed E-state index contributed by atoms with van der Waals surface area (Å²) in [5.41, 5.74) is 0.260. The molecule has 2 rings (SSSR count). The smallest absolute Gasteiger partial charge is 0.416 e. The van der Waals surface area contributed by atoms with Crippen LogP contribution in [0.2, 0.25) is 0 Å². The maximum Gasteiger partial charge on any atom is 0.416 e. The molecule has 0 unspecified atom stereocenters. The number of hydrogen-bond donors (Lipinski definition) is 0. The van der Waals surface area contributed by atoms with Crippen molar-refractivity contribution in [1.82, 2.24) is 9.55 Å². The van der Waals surface area contributed by atoms with Crippen LogP contribution in [0.15, 0.2) is 6.07 Å². The van der Waals surface area contributed by atoms with E-state index in [1.807, 2.05) is 0 Å². The Kier molecular flexibility index (Phi) is 2.76. The molecule has 3 nitrogen and oxygen atoms in total. The molecule has 2 aromatic rings. The van der Waals surface area contributed by atoms with Crippen LogP contribution in [-0.2, 0) is 13.2 Å². The minimum Gasteiger partial charge on any atom is -0.494 e. The maximum atomic E-state index is 12.9. The van der Waals surface area contributed by atoms with Gasteiger partial charge in [-0.2, -0.15) is 13.2 Å². The molecule has 18 heavy (non-hydrogen) atoms. The Balaban J connectivity index is 2.92. The topological polar surface area (TPSA) is 27.1 Å². The van der Waals surface area contributed by atoms with E-state index in [2.05, 4.69) is 4.98 Å². The van der Waals surface area contributed by atoms with Gasteiger partial charge < -0.3 is 9.30 Å². The number of nitrogens with zero attached hydrogens (tertiary/aromatic N) is 2. The van der Waals surface area contributed by atoms with Crippen LogP contribution in [0.25, 0.3) is 11.0 Å². The SMILES string of the molecule is COc1c(C)c(C(F)(F)F)cc2c1nc(C)n2C. The van der Waals surface area contributed by atoms with Crippen LogP contribution in [0.5, 0.6) is 5.75 Å². The molecule has 0 atom stereocenters. The third kappa shape index (κ3) is 1.72. The van der Waals surface area contributed by atoms with Crippen molar-refractivity contribution in [2.24, 2.45) is 7.05 Å². The molecule has 0 saturated carbocycles. The number of aryl methyl sites for hydroxylation is 2. The number of methoxy groups -OCH3 is 1. The van der Waals surface area contributed by atoms with Crippen molar-refractivity contribution in [3.8, 4) is 5.75 Å². The number of aromatic nitrogens is 2. The summed E-state index contributed by atoms with van der Waals surface area (Å²) < 4.78 is 45.5. The highest BCUT2D eigenvalue weighted by Gasteiger charge is 2.35. The Bertz CT molecular complexity index is 614. The summed E-state index contributed by atoms with van der Waals surface area (Å²) in [7, 11) is 3.03. The zero-order valence-electron chi connectivity index (χ0n) is 10.5. The van der Waals surface area contributed by atoms with Gasteiger partial charge in [0.25, 0.3) is 0 Å². The third-order valence-electron chi connectivity index (χ3n) is 3.11. The average Bonchev–Trinajstić information content (AvgIpc) is 2.53. The normalized spacial score (nSPS) is 12.2. The van der Waals surface area contributed by atoms with Gasteiger partial charge in [-0.15, -0.1) is 0 Å². The van der Waals surface area contributed by atoms with E-state index in [-0.39, 0.29) is 11.3 Å². The Morgan fingerprint density at radius 3 is 2.39 bits per heavy atom. The van der Waals surface area contributed by atoms with Gasteiger partial charge in [-0.25, -0.2) is 4.98 Å². The first-order valence-electron chi connectivity index (χ1n) is 5.35. The molecule has 0 aliphatic heterocycles. The first kappa shape index (κ1) is 12.7. The van der Waals surface area contributed by atoms with Crippen LogP contribution in [0, 0.1) is 13.8 Å². The number of hydrogen-bond acceptors (Lipinski definition) is 2. The summed E-state index contributed by atoms with van der Waals surface area (Å²) in [6.45, 7) is 3.13. The lowest BCUT2D eigenvalue weighted by Crippen LogP contribution is -2.09. The van der Waals surface area contributed by atoms with Crippen molar-refractivity contribution in [2.75, 3.05) is 7.11 Å². The number of benzene rings is 1. The van der Waals surface area contributed by atoms with Gasteiger partial charge in [0.2, 0.25) is 0 Å². The number of rotatable bonds is 1. The molecular formula is C12H13F3N2O. The van der Waals surface area contributed by atoms with Gasteiger partial charge in [-0.3, -0.25) is 0 Å². The molecule has 0 saturated heterocycles. The molecule has 0 aliphatic rings. The summed E-state index contributed by atoms with van der Waals surface area (Å²) in [5.74, 6) is 0.825.